The summed E-state index contributed by atoms with van der Waals surface area (Å²) in [7, 11) is -3.88. The number of carbonyl (C=O) groups excluding carboxylic acids is 1. The first-order valence-electron chi connectivity index (χ1n) is 11.5. The third-order valence-electron chi connectivity index (χ3n) is 5.93. The second-order valence-electron chi connectivity index (χ2n) is 9.82. The Labute approximate surface area is 196 Å². The van der Waals surface area contributed by atoms with Gasteiger partial charge >= 0.3 is 0 Å². The average Bonchev–Trinajstić information content (AvgIpc) is 3.02. The minimum absolute atomic E-state index is 0.130. The minimum Gasteiger partial charge on any atom is -0.363 e. The van der Waals surface area contributed by atoms with Crippen LogP contribution in [0, 0.1) is 10.1 Å². The number of nitro benzene ring substituents is 1. The van der Waals surface area contributed by atoms with Gasteiger partial charge in [0.15, 0.2) is 0 Å². The van der Waals surface area contributed by atoms with E-state index in [2.05, 4.69) is 9.62 Å². The van der Waals surface area contributed by atoms with Gasteiger partial charge < -0.3 is 9.80 Å². The topological polar surface area (TPSA) is 116 Å². The van der Waals surface area contributed by atoms with Crippen LogP contribution in [0.15, 0.2) is 23.1 Å². The van der Waals surface area contributed by atoms with Crippen molar-refractivity contribution in [3.8, 4) is 0 Å². The quantitative estimate of drug-likeness (QED) is 0.489. The van der Waals surface area contributed by atoms with E-state index in [0.29, 0.717) is 38.4 Å². The Hall–Kier alpha value is -2.24. The van der Waals surface area contributed by atoms with Gasteiger partial charge in [0.25, 0.3) is 5.69 Å². The molecule has 0 radical (unpaired) electrons. The summed E-state index contributed by atoms with van der Waals surface area (Å²) in [4.78, 5) is 29.7. The van der Waals surface area contributed by atoms with E-state index in [9.17, 15) is 23.3 Å². The molecule has 2 aliphatic heterocycles. The zero-order valence-corrected chi connectivity index (χ0v) is 20.6. The maximum absolute atomic E-state index is 12.7. The van der Waals surface area contributed by atoms with Gasteiger partial charge in [-0.25, -0.2) is 13.1 Å². The highest BCUT2D eigenvalue weighted by molar-refractivity contribution is 7.89. The van der Waals surface area contributed by atoms with Gasteiger partial charge in [0, 0.05) is 50.9 Å². The standard InChI is InChI=1S/C22H35N5O5S/c1-22(2,3)23-33(31,32)18-8-9-19(20(16-18)27(29)30)25-14-12-24(13-15-25)17-21(28)26-10-6-4-5-7-11-26/h8-9,16,23H,4-7,10-15,17H2,1-3H3. The van der Waals surface area contributed by atoms with Crippen molar-refractivity contribution < 1.29 is 18.1 Å². The third-order valence-corrected chi connectivity index (χ3v) is 7.68. The van der Waals surface area contributed by atoms with E-state index in [-0.39, 0.29) is 16.5 Å². The van der Waals surface area contributed by atoms with Crippen LogP contribution in [0.3, 0.4) is 0 Å². The molecular formula is C22H35N5O5S. The molecule has 11 heteroatoms. The Morgan fingerprint density at radius 3 is 2.18 bits per heavy atom. The molecule has 0 saturated carbocycles. The summed E-state index contributed by atoms with van der Waals surface area (Å²) in [5.41, 5.74) is -0.540. The minimum atomic E-state index is -3.88. The van der Waals surface area contributed by atoms with Gasteiger partial charge in [0.1, 0.15) is 5.69 Å². The van der Waals surface area contributed by atoms with E-state index < -0.39 is 20.5 Å². The molecule has 0 unspecified atom stereocenters. The van der Waals surface area contributed by atoms with Crippen LogP contribution in [-0.4, -0.2) is 80.4 Å². The number of amides is 1. The molecule has 33 heavy (non-hydrogen) atoms. The number of hydrogen-bond acceptors (Lipinski definition) is 7. The van der Waals surface area contributed by atoms with Crippen molar-refractivity contribution >= 4 is 27.3 Å². The van der Waals surface area contributed by atoms with Crippen molar-refractivity contribution in [3.63, 3.8) is 0 Å². The van der Waals surface area contributed by atoms with E-state index in [1.807, 2.05) is 9.80 Å². The maximum atomic E-state index is 12.7. The highest BCUT2D eigenvalue weighted by Gasteiger charge is 2.29. The summed E-state index contributed by atoms with van der Waals surface area (Å²) in [6, 6.07) is 4.04. The van der Waals surface area contributed by atoms with Crippen molar-refractivity contribution in [1.82, 2.24) is 14.5 Å². The molecule has 2 fully saturated rings. The van der Waals surface area contributed by atoms with Gasteiger partial charge in [-0.05, 0) is 45.7 Å². The predicted octanol–water partition coefficient (Wildman–Crippen LogP) is 2.20. The average molecular weight is 482 g/mol. The fourth-order valence-corrected chi connectivity index (χ4v) is 5.74. The monoisotopic (exact) mass is 481 g/mol. The number of piperazine rings is 1. The van der Waals surface area contributed by atoms with E-state index in [1.165, 1.54) is 25.0 Å². The molecule has 2 aliphatic rings. The predicted molar refractivity (Wildman–Crippen MR) is 127 cm³/mol. The zero-order valence-electron chi connectivity index (χ0n) is 19.7. The van der Waals surface area contributed by atoms with Crippen molar-refractivity contribution in [2.45, 2.75) is 56.9 Å². The molecule has 2 heterocycles. The molecule has 10 nitrogen and oxygen atoms in total. The number of benzene rings is 1. The number of nitro groups is 1. The smallest absolute Gasteiger partial charge is 0.293 e. The van der Waals surface area contributed by atoms with Crippen LogP contribution in [0.4, 0.5) is 11.4 Å². The van der Waals surface area contributed by atoms with Crippen LogP contribution in [0.5, 0.6) is 0 Å². The Morgan fingerprint density at radius 1 is 1.03 bits per heavy atom. The fraction of sp³-hybridized carbons (Fsp3) is 0.682. The zero-order chi connectivity index (χ0) is 24.2. The van der Waals surface area contributed by atoms with Crippen LogP contribution < -0.4 is 9.62 Å². The number of nitrogens with one attached hydrogen (secondary N) is 1. The van der Waals surface area contributed by atoms with E-state index in [0.717, 1.165) is 32.0 Å². The van der Waals surface area contributed by atoms with Crippen molar-refractivity contribution in [3.05, 3.63) is 28.3 Å². The van der Waals surface area contributed by atoms with Gasteiger partial charge in [0.2, 0.25) is 15.9 Å². The van der Waals surface area contributed by atoms with Crippen LogP contribution in [0.2, 0.25) is 0 Å². The first kappa shape index (κ1) is 25.4. The lowest BCUT2D eigenvalue weighted by molar-refractivity contribution is -0.384. The lowest BCUT2D eigenvalue weighted by atomic mass is 10.1. The van der Waals surface area contributed by atoms with E-state index >= 15 is 0 Å². The summed E-state index contributed by atoms with van der Waals surface area (Å²) < 4.78 is 27.8. The molecule has 2 saturated heterocycles. The molecule has 1 aromatic rings. The SMILES string of the molecule is CC(C)(C)NS(=O)(=O)c1ccc(N2CCN(CC(=O)N3CCCCCC3)CC2)c([N+](=O)[O-])c1. The van der Waals surface area contributed by atoms with Crippen molar-refractivity contribution in [1.29, 1.82) is 0 Å². The number of sulfonamides is 1. The van der Waals surface area contributed by atoms with E-state index in [4.69, 9.17) is 0 Å². The molecule has 1 aromatic carbocycles. The molecule has 1 N–H and O–H groups in total. The summed E-state index contributed by atoms with van der Waals surface area (Å²) in [5, 5.41) is 11.7. The Balaban J connectivity index is 1.67. The highest BCUT2D eigenvalue weighted by atomic mass is 32.2. The van der Waals surface area contributed by atoms with Crippen LogP contribution in [0.1, 0.15) is 46.5 Å². The Kier molecular flexibility index (Phi) is 7.96. The molecule has 0 bridgehead atoms. The number of hydrogen-bond donors (Lipinski definition) is 1. The number of carbonyl (C=O) groups is 1. The van der Waals surface area contributed by atoms with Gasteiger partial charge in [0.05, 0.1) is 16.4 Å². The molecule has 184 valence electrons. The first-order chi connectivity index (χ1) is 15.5. The fourth-order valence-electron chi connectivity index (χ4n) is 4.30. The molecule has 0 spiro atoms. The van der Waals surface area contributed by atoms with Crippen molar-refractivity contribution in [2.75, 3.05) is 50.7 Å². The van der Waals surface area contributed by atoms with E-state index in [1.54, 1.807) is 20.8 Å². The molecule has 0 atom stereocenters. The number of rotatable bonds is 6. The number of nitrogens with zero attached hydrogens (tertiary/aromatic N) is 4. The summed E-state index contributed by atoms with van der Waals surface area (Å²) in [6.07, 6.45) is 4.46. The highest BCUT2D eigenvalue weighted by Crippen LogP contribution is 2.32. The normalized spacial score (nSPS) is 18.8. The van der Waals surface area contributed by atoms with Crippen LogP contribution >= 0.6 is 0 Å². The van der Waals surface area contributed by atoms with Crippen molar-refractivity contribution in [2.24, 2.45) is 0 Å². The molecule has 1 amide bonds. The second-order valence-corrected chi connectivity index (χ2v) is 11.5. The maximum Gasteiger partial charge on any atom is 0.293 e. The van der Waals surface area contributed by atoms with Crippen LogP contribution in [-0.2, 0) is 14.8 Å². The molecule has 0 aliphatic carbocycles. The summed E-state index contributed by atoms with van der Waals surface area (Å²) in [5.74, 6) is 0.150. The Bertz CT molecular complexity index is 960. The first-order valence-corrected chi connectivity index (χ1v) is 13.0. The molecule has 3 rings (SSSR count). The largest absolute Gasteiger partial charge is 0.363 e. The Morgan fingerprint density at radius 2 is 1.64 bits per heavy atom. The lowest BCUT2D eigenvalue weighted by Gasteiger charge is -2.36. The van der Waals surface area contributed by atoms with Gasteiger partial charge in [-0.3, -0.25) is 19.8 Å². The van der Waals surface area contributed by atoms with Crippen LogP contribution in [0.25, 0.3) is 0 Å². The molecule has 0 aromatic heterocycles. The van der Waals surface area contributed by atoms with Gasteiger partial charge in [-0.1, -0.05) is 12.8 Å². The summed E-state index contributed by atoms with van der Waals surface area (Å²) >= 11 is 0. The third kappa shape index (κ3) is 6.87. The van der Waals surface area contributed by atoms with Gasteiger partial charge in [-0.2, -0.15) is 0 Å². The number of likely N-dealkylation sites (tertiary alicyclic amines) is 1. The second kappa shape index (κ2) is 10.4. The lowest BCUT2D eigenvalue weighted by Crippen LogP contribution is -2.50. The summed E-state index contributed by atoms with van der Waals surface area (Å²) in [6.45, 7) is 9.44. The van der Waals surface area contributed by atoms with Gasteiger partial charge in [-0.15, -0.1) is 0 Å². The molecular weight excluding hydrogens is 446 g/mol. The number of anilines is 1.